The number of hydrogen-bond acceptors (Lipinski definition) is 2. The number of nitrogens with two attached hydrogens (primary N) is 1. The SMILES string of the molecule is CCC(C)(NCC(C)C)C(N)=O. The van der Waals surface area contributed by atoms with E-state index in [1.54, 1.807) is 0 Å². The quantitative estimate of drug-likeness (QED) is 0.647. The second kappa shape index (κ2) is 4.45. The van der Waals surface area contributed by atoms with Crippen LogP contribution in [0, 0.1) is 5.92 Å². The van der Waals surface area contributed by atoms with Gasteiger partial charge in [-0.1, -0.05) is 20.8 Å². The Labute approximate surface area is 74.7 Å². The predicted octanol–water partition coefficient (Wildman–Crippen LogP) is 0.886. The van der Waals surface area contributed by atoms with E-state index in [2.05, 4.69) is 19.2 Å². The summed E-state index contributed by atoms with van der Waals surface area (Å²) in [6.07, 6.45) is 0.731. The first-order valence-corrected chi connectivity index (χ1v) is 4.47. The summed E-state index contributed by atoms with van der Waals surface area (Å²) in [6, 6.07) is 0. The van der Waals surface area contributed by atoms with Crippen LogP contribution in [-0.2, 0) is 4.79 Å². The summed E-state index contributed by atoms with van der Waals surface area (Å²) in [5, 5.41) is 3.17. The van der Waals surface area contributed by atoms with E-state index in [1.807, 2.05) is 13.8 Å². The van der Waals surface area contributed by atoms with Crippen molar-refractivity contribution in [2.75, 3.05) is 6.54 Å². The third-order valence-corrected chi connectivity index (χ3v) is 2.15. The molecule has 0 heterocycles. The van der Waals surface area contributed by atoms with Crippen molar-refractivity contribution in [2.45, 2.75) is 39.7 Å². The molecule has 0 radical (unpaired) electrons. The highest BCUT2D eigenvalue weighted by Crippen LogP contribution is 2.08. The number of rotatable bonds is 5. The lowest BCUT2D eigenvalue weighted by molar-refractivity contribution is -0.124. The molecule has 0 aromatic heterocycles. The summed E-state index contributed by atoms with van der Waals surface area (Å²) in [5.41, 5.74) is 4.73. The summed E-state index contributed by atoms with van der Waals surface area (Å²) in [5.74, 6) is 0.265. The average Bonchev–Trinajstić information content (AvgIpc) is 1.99. The van der Waals surface area contributed by atoms with E-state index in [-0.39, 0.29) is 5.91 Å². The minimum absolute atomic E-state index is 0.273. The Morgan fingerprint density at radius 2 is 2.08 bits per heavy atom. The number of carbonyl (C=O) groups is 1. The Hall–Kier alpha value is -0.570. The summed E-state index contributed by atoms with van der Waals surface area (Å²) < 4.78 is 0. The van der Waals surface area contributed by atoms with Gasteiger partial charge < -0.3 is 11.1 Å². The zero-order valence-electron chi connectivity index (χ0n) is 8.48. The minimum atomic E-state index is -0.537. The van der Waals surface area contributed by atoms with Gasteiger partial charge >= 0.3 is 0 Å². The van der Waals surface area contributed by atoms with E-state index in [0.29, 0.717) is 5.92 Å². The van der Waals surface area contributed by atoms with Crippen LogP contribution in [0.15, 0.2) is 0 Å². The fourth-order valence-corrected chi connectivity index (χ4v) is 0.816. The summed E-state index contributed by atoms with van der Waals surface area (Å²) in [4.78, 5) is 11.0. The molecule has 3 heteroatoms. The Bertz CT molecular complexity index is 157. The van der Waals surface area contributed by atoms with Gasteiger partial charge in [-0.25, -0.2) is 0 Å². The van der Waals surface area contributed by atoms with Crippen molar-refractivity contribution in [1.29, 1.82) is 0 Å². The third kappa shape index (κ3) is 3.22. The van der Waals surface area contributed by atoms with Gasteiger partial charge in [0.15, 0.2) is 0 Å². The first-order valence-electron chi connectivity index (χ1n) is 4.47. The molecular formula is C9H20N2O. The van der Waals surface area contributed by atoms with Crippen LogP contribution in [0.3, 0.4) is 0 Å². The van der Waals surface area contributed by atoms with E-state index >= 15 is 0 Å². The van der Waals surface area contributed by atoms with Gasteiger partial charge in [0.25, 0.3) is 0 Å². The standard InChI is InChI=1S/C9H20N2O/c1-5-9(4,8(10)12)11-6-7(2)3/h7,11H,5-6H2,1-4H3,(H2,10,12). The highest BCUT2D eigenvalue weighted by Gasteiger charge is 2.27. The number of amides is 1. The molecule has 0 aliphatic heterocycles. The third-order valence-electron chi connectivity index (χ3n) is 2.15. The molecule has 0 bridgehead atoms. The first-order chi connectivity index (χ1) is 5.42. The molecule has 0 rings (SSSR count). The molecule has 0 saturated heterocycles. The van der Waals surface area contributed by atoms with Crippen LogP contribution >= 0.6 is 0 Å². The molecule has 1 amide bonds. The molecule has 0 aromatic rings. The van der Waals surface area contributed by atoms with E-state index < -0.39 is 5.54 Å². The van der Waals surface area contributed by atoms with Gasteiger partial charge in [0, 0.05) is 0 Å². The molecule has 1 atom stereocenters. The van der Waals surface area contributed by atoms with E-state index in [4.69, 9.17) is 5.73 Å². The van der Waals surface area contributed by atoms with Crippen LogP contribution < -0.4 is 11.1 Å². The second-order valence-electron chi connectivity index (χ2n) is 3.82. The van der Waals surface area contributed by atoms with Crippen molar-refractivity contribution in [3.63, 3.8) is 0 Å². The van der Waals surface area contributed by atoms with Crippen molar-refractivity contribution in [3.05, 3.63) is 0 Å². The number of nitrogens with one attached hydrogen (secondary N) is 1. The Morgan fingerprint density at radius 3 is 2.33 bits per heavy atom. The van der Waals surface area contributed by atoms with Gasteiger partial charge in [0.1, 0.15) is 0 Å². The predicted molar refractivity (Wildman–Crippen MR) is 50.7 cm³/mol. The van der Waals surface area contributed by atoms with Crippen LogP contribution in [0.25, 0.3) is 0 Å². The highest BCUT2D eigenvalue weighted by atomic mass is 16.1. The van der Waals surface area contributed by atoms with Crippen molar-refractivity contribution in [1.82, 2.24) is 5.32 Å². The fraction of sp³-hybridized carbons (Fsp3) is 0.889. The van der Waals surface area contributed by atoms with Crippen molar-refractivity contribution in [3.8, 4) is 0 Å². The van der Waals surface area contributed by atoms with Crippen LogP contribution in [0.4, 0.5) is 0 Å². The van der Waals surface area contributed by atoms with Crippen LogP contribution in [0.5, 0.6) is 0 Å². The van der Waals surface area contributed by atoms with Gasteiger partial charge in [0.2, 0.25) is 5.91 Å². The van der Waals surface area contributed by atoms with Crippen molar-refractivity contribution < 1.29 is 4.79 Å². The fourth-order valence-electron chi connectivity index (χ4n) is 0.816. The lowest BCUT2D eigenvalue weighted by atomic mass is 9.97. The molecule has 0 fully saturated rings. The first kappa shape index (κ1) is 11.4. The van der Waals surface area contributed by atoms with Crippen LogP contribution in [0.1, 0.15) is 34.1 Å². The Kier molecular flexibility index (Phi) is 4.24. The summed E-state index contributed by atoms with van der Waals surface area (Å²) in [7, 11) is 0. The summed E-state index contributed by atoms with van der Waals surface area (Å²) >= 11 is 0. The lowest BCUT2D eigenvalue weighted by Gasteiger charge is -2.26. The number of hydrogen-bond donors (Lipinski definition) is 2. The van der Waals surface area contributed by atoms with Gasteiger partial charge in [-0.2, -0.15) is 0 Å². The zero-order valence-corrected chi connectivity index (χ0v) is 8.48. The van der Waals surface area contributed by atoms with E-state index in [9.17, 15) is 4.79 Å². The number of carbonyl (C=O) groups excluding carboxylic acids is 1. The Balaban J connectivity index is 4.06. The van der Waals surface area contributed by atoms with Crippen molar-refractivity contribution in [2.24, 2.45) is 11.7 Å². The van der Waals surface area contributed by atoms with Gasteiger partial charge in [-0.15, -0.1) is 0 Å². The van der Waals surface area contributed by atoms with Crippen LogP contribution in [0.2, 0.25) is 0 Å². The van der Waals surface area contributed by atoms with E-state index in [1.165, 1.54) is 0 Å². The topological polar surface area (TPSA) is 55.1 Å². The molecule has 0 aromatic carbocycles. The normalized spacial score (nSPS) is 16.1. The molecule has 1 unspecified atom stereocenters. The largest absolute Gasteiger partial charge is 0.368 e. The maximum atomic E-state index is 11.0. The Morgan fingerprint density at radius 1 is 1.58 bits per heavy atom. The van der Waals surface area contributed by atoms with E-state index in [0.717, 1.165) is 13.0 Å². The molecule has 3 nitrogen and oxygen atoms in total. The monoisotopic (exact) mass is 172 g/mol. The number of primary amides is 1. The molecule has 3 N–H and O–H groups in total. The highest BCUT2D eigenvalue weighted by molar-refractivity contribution is 5.84. The summed E-state index contributed by atoms with van der Waals surface area (Å²) in [6.45, 7) is 8.83. The molecular weight excluding hydrogens is 152 g/mol. The second-order valence-corrected chi connectivity index (χ2v) is 3.82. The maximum Gasteiger partial charge on any atom is 0.237 e. The van der Waals surface area contributed by atoms with Gasteiger partial charge in [-0.3, -0.25) is 4.79 Å². The van der Waals surface area contributed by atoms with Gasteiger partial charge in [0.05, 0.1) is 5.54 Å². The molecule has 0 aliphatic carbocycles. The van der Waals surface area contributed by atoms with Crippen molar-refractivity contribution >= 4 is 5.91 Å². The maximum absolute atomic E-state index is 11.0. The minimum Gasteiger partial charge on any atom is -0.368 e. The zero-order chi connectivity index (χ0) is 9.78. The molecule has 0 spiro atoms. The van der Waals surface area contributed by atoms with Gasteiger partial charge in [-0.05, 0) is 25.8 Å². The molecule has 72 valence electrons. The lowest BCUT2D eigenvalue weighted by Crippen LogP contribution is -2.53. The molecule has 0 aliphatic rings. The average molecular weight is 172 g/mol. The molecule has 0 saturated carbocycles. The van der Waals surface area contributed by atoms with Crippen LogP contribution in [-0.4, -0.2) is 18.0 Å². The molecule has 12 heavy (non-hydrogen) atoms. The smallest absolute Gasteiger partial charge is 0.237 e.